The van der Waals surface area contributed by atoms with Crippen LogP contribution in [0.5, 0.6) is 5.75 Å². The minimum absolute atomic E-state index is 0. The lowest BCUT2D eigenvalue weighted by atomic mass is 10.3. The number of aliphatic imine (C=N–C) groups is 1. The molecule has 144 valence electrons. The normalized spacial score (nSPS) is 11.0. The number of halogens is 1. The zero-order chi connectivity index (χ0) is 17.9. The third-order valence-corrected chi connectivity index (χ3v) is 4.77. The van der Waals surface area contributed by atoms with Crippen LogP contribution in [0.1, 0.15) is 28.9 Å². The first-order chi connectivity index (χ1) is 12.2. The summed E-state index contributed by atoms with van der Waals surface area (Å²) >= 11 is 1.77. The fraction of sp³-hybridized carbons (Fsp3) is 0.474. The van der Waals surface area contributed by atoms with Crippen LogP contribution in [0.4, 0.5) is 0 Å². The highest BCUT2D eigenvalue weighted by molar-refractivity contribution is 14.0. The highest BCUT2D eigenvalue weighted by Crippen LogP contribution is 2.16. The molecule has 26 heavy (non-hydrogen) atoms. The van der Waals surface area contributed by atoms with E-state index in [1.165, 1.54) is 9.88 Å². The summed E-state index contributed by atoms with van der Waals surface area (Å²) in [7, 11) is 0. The summed E-state index contributed by atoms with van der Waals surface area (Å²) in [4.78, 5) is 10.5. The van der Waals surface area contributed by atoms with Gasteiger partial charge in [-0.25, -0.2) is 4.98 Å². The van der Waals surface area contributed by atoms with Gasteiger partial charge in [-0.15, -0.1) is 35.3 Å². The predicted octanol–water partition coefficient (Wildman–Crippen LogP) is 3.94. The number of para-hydroxylation sites is 1. The Labute approximate surface area is 177 Å². The fourth-order valence-electron chi connectivity index (χ4n) is 2.24. The molecule has 0 amide bonds. The average Bonchev–Trinajstić information content (AvgIpc) is 2.93. The number of hydrogen-bond acceptors (Lipinski definition) is 4. The summed E-state index contributed by atoms with van der Waals surface area (Å²) in [6.07, 6.45) is 1.80. The van der Waals surface area contributed by atoms with Crippen LogP contribution in [0.25, 0.3) is 0 Å². The third kappa shape index (κ3) is 8.35. The van der Waals surface area contributed by atoms with E-state index in [9.17, 15) is 0 Å². The lowest BCUT2D eigenvalue weighted by Crippen LogP contribution is -2.38. The van der Waals surface area contributed by atoms with E-state index in [2.05, 4.69) is 41.4 Å². The molecule has 0 aliphatic carbocycles. The van der Waals surface area contributed by atoms with Gasteiger partial charge in [0.2, 0.25) is 0 Å². The van der Waals surface area contributed by atoms with Crippen LogP contribution in [0.3, 0.4) is 0 Å². The van der Waals surface area contributed by atoms with Crippen LogP contribution in [0.2, 0.25) is 0 Å². The lowest BCUT2D eigenvalue weighted by Gasteiger charge is -2.10. The molecule has 2 aromatic rings. The van der Waals surface area contributed by atoms with Crippen molar-refractivity contribution in [2.75, 3.05) is 26.2 Å². The first-order valence-electron chi connectivity index (χ1n) is 8.82. The van der Waals surface area contributed by atoms with Crippen molar-refractivity contribution >= 4 is 41.3 Å². The maximum absolute atomic E-state index is 5.68. The molecule has 0 unspecified atom stereocenters. The number of benzene rings is 1. The molecular weight excluding hydrogens is 459 g/mol. The first-order valence-corrected chi connectivity index (χ1v) is 9.63. The molecule has 0 aliphatic heterocycles. The van der Waals surface area contributed by atoms with Gasteiger partial charge in [-0.3, -0.25) is 4.99 Å². The van der Waals surface area contributed by atoms with Crippen LogP contribution >= 0.6 is 35.3 Å². The Morgan fingerprint density at radius 1 is 1.19 bits per heavy atom. The van der Waals surface area contributed by atoms with Gasteiger partial charge in [0.15, 0.2) is 5.96 Å². The molecule has 7 heteroatoms. The van der Waals surface area contributed by atoms with Gasteiger partial charge < -0.3 is 15.4 Å². The van der Waals surface area contributed by atoms with E-state index in [1.807, 2.05) is 30.3 Å². The van der Waals surface area contributed by atoms with Crippen LogP contribution < -0.4 is 15.4 Å². The Hall–Kier alpha value is -1.35. The van der Waals surface area contributed by atoms with E-state index < -0.39 is 0 Å². The number of nitrogens with one attached hydrogen (secondary N) is 2. The average molecular weight is 488 g/mol. The van der Waals surface area contributed by atoms with Crippen molar-refractivity contribution in [2.24, 2.45) is 4.99 Å². The minimum Gasteiger partial charge on any atom is -0.494 e. The summed E-state index contributed by atoms with van der Waals surface area (Å²) in [6.45, 7) is 9.34. The number of ether oxygens (including phenoxy) is 1. The van der Waals surface area contributed by atoms with E-state index in [4.69, 9.17) is 4.74 Å². The van der Waals surface area contributed by atoms with Crippen molar-refractivity contribution in [2.45, 2.75) is 33.6 Å². The molecule has 0 saturated carbocycles. The van der Waals surface area contributed by atoms with Crippen molar-refractivity contribution in [3.05, 3.63) is 45.9 Å². The van der Waals surface area contributed by atoms with Crippen LogP contribution in [0, 0.1) is 13.8 Å². The van der Waals surface area contributed by atoms with Crippen molar-refractivity contribution < 1.29 is 4.74 Å². The number of thiazole rings is 1. The van der Waals surface area contributed by atoms with E-state index in [0.29, 0.717) is 6.61 Å². The number of rotatable bonds is 9. The zero-order valence-corrected chi connectivity index (χ0v) is 18.9. The monoisotopic (exact) mass is 488 g/mol. The van der Waals surface area contributed by atoms with Crippen LogP contribution in [-0.2, 0) is 6.42 Å². The third-order valence-electron chi connectivity index (χ3n) is 3.63. The minimum atomic E-state index is 0. The highest BCUT2D eigenvalue weighted by Gasteiger charge is 2.04. The number of guanidine groups is 1. The Balaban J connectivity index is 0.00000338. The predicted molar refractivity (Wildman–Crippen MR) is 121 cm³/mol. The largest absolute Gasteiger partial charge is 0.494 e. The summed E-state index contributed by atoms with van der Waals surface area (Å²) in [5.74, 6) is 1.76. The number of aryl methyl sites for hydroxylation is 2. The molecule has 2 rings (SSSR count). The molecule has 5 nitrogen and oxygen atoms in total. The highest BCUT2D eigenvalue weighted by atomic mass is 127. The molecule has 0 atom stereocenters. The lowest BCUT2D eigenvalue weighted by molar-refractivity contribution is 0.313. The quantitative estimate of drug-likeness (QED) is 0.243. The molecule has 1 aromatic heterocycles. The maximum atomic E-state index is 5.68. The molecule has 1 aromatic carbocycles. The van der Waals surface area contributed by atoms with Crippen LogP contribution in [-0.4, -0.2) is 37.2 Å². The Bertz CT molecular complexity index is 641. The van der Waals surface area contributed by atoms with E-state index in [0.717, 1.165) is 49.9 Å². The molecular formula is C19H29IN4OS. The first kappa shape index (κ1) is 22.7. The molecule has 0 aliphatic rings. The molecule has 0 fully saturated rings. The standard InChI is InChI=1S/C19H28N4OS.HI/c1-4-20-19(22-13-11-18-23-15(2)16(3)25-18)21-12-8-14-24-17-9-6-5-7-10-17;/h5-7,9-10H,4,8,11-14H2,1-3H3,(H2,20,21,22);1H. The SMILES string of the molecule is CCNC(=NCCCOc1ccccc1)NCCc1nc(C)c(C)s1.I. The smallest absolute Gasteiger partial charge is 0.191 e. The van der Waals surface area contributed by atoms with Crippen LogP contribution in [0.15, 0.2) is 35.3 Å². The van der Waals surface area contributed by atoms with Gasteiger partial charge in [0.25, 0.3) is 0 Å². The molecule has 0 bridgehead atoms. The number of aromatic nitrogens is 1. The van der Waals surface area contributed by atoms with Gasteiger partial charge in [0, 0.05) is 37.4 Å². The van der Waals surface area contributed by atoms with Gasteiger partial charge in [0.05, 0.1) is 17.3 Å². The van der Waals surface area contributed by atoms with Gasteiger partial charge in [0.1, 0.15) is 5.75 Å². The van der Waals surface area contributed by atoms with Gasteiger partial charge >= 0.3 is 0 Å². The molecule has 0 saturated heterocycles. The van der Waals surface area contributed by atoms with E-state index in [-0.39, 0.29) is 24.0 Å². The fourth-order valence-corrected chi connectivity index (χ4v) is 3.17. The summed E-state index contributed by atoms with van der Waals surface area (Å²) in [5.41, 5.74) is 1.14. The van der Waals surface area contributed by atoms with Gasteiger partial charge in [-0.05, 0) is 32.9 Å². The second kappa shape index (κ2) is 12.9. The molecule has 0 spiro atoms. The zero-order valence-electron chi connectivity index (χ0n) is 15.7. The summed E-state index contributed by atoms with van der Waals surface area (Å²) in [6, 6.07) is 9.88. The second-order valence-corrected chi connectivity index (χ2v) is 6.99. The Morgan fingerprint density at radius 2 is 1.96 bits per heavy atom. The summed E-state index contributed by atoms with van der Waals surface area (Å²) in [5, 5.41) is 7.82. The van der Waals surface area contributed by atoms with Crippen molar-refractivity contribution in [3.63, 3.8) is 0 Å². The maximum Gasteiger partial charge on any atom is 0.191 e. The Kier molecular flexibility index (Phi) is 11.3. The Morgan fingerprint density at radius 3 is 2.62 bits per heavy atom. The van der Waals surface area contributed by atoms with E-state index >= 15 is 0 Å². The van der Waals surface area contributed by atoms with Gasteiger partial charge in [-0.1, -0.05) is 18.2 Å². The molecule has 0 radical (unpaired) electrons. The number of hydrogen-bond donors (Lipinski definition) is 2. The van der Waals surface area contributed by atoms with E-state index in [1.54, 1.807) is 11.3 Å². The topological polar surface area (TPSA) is 58.5 Å². The van der Waals surface area contributed by atoms with Crippen molar-refractivity contribution in [3.8, 4) is 5.75 Å². The van der Waals surface area contributed by atoms with Gasteiger partial charge in [-0.2, -0.15) is 0 Å². The molecule has 2 N–H and O–H groups in total. The van der Waals surface area contributed by atoms with Crippen molar-refractivity contribution in [1.82, 2.24) is 15.6 Å². The second-order valence-electron chi connectivity index (χ2n) is 5.70. The van der Waals surface area contributed by atoms with Crippen molar-refractivity contribution in [1.29, 1.82) is 0 Å². The number of nitrogens with zero attached hydrogens (tertiary/aromatic N) is 2. The summed E-state index contributed by atoms with van der Waals surface area (Å²) < 4.78 is 5.68. The molecule has 1 heterocycles.